The molecule has 1 atom stereocenters. The minimum atomic E-state index is -5.08. The Morgan fingerprint density at radius 2 is 2.10 bits per heavy atom. The first kappa shape index (κ1) is 22.8. The lowest BCUT2D eigenvalue weighted by Gasteiger charge is -2.31. The molecule has 10 heteroatoms. The standard InChI is InChI=1S/C18H25N3OS.C2HF3O2/c1-2-21-9-17-16(12-22-11-14-3-4-14)8-20(10-18(17)19-21)7-15-5-6-23-13-15;3-2(4,5)1(6)7/h5-6,9,13-14,16H,2-4,7-8,10-12H2,1H3;(H,6,7). The van der Waals surface area contributed by atoms with Crippen LogP contribution in [0.15, 0.2) is 23.0 Å². The van der Waals surface area contributed by atoms with E-state index in [2.05, 4.69) is 39.5 Å². The fourth-order valence-corrected chi connectivity index (χ4v) is 4.01. The van der Waals surface area contributed by atoms with Crippen molar-refractivity contribution in [2.75, 3.05) is 19.8 Å². The van der Waals surface area contributed by atoms with Crippen LogP contribution in [0.1, 0.15) is 42.5 Å². The normalized spacial score (nSPS) is 19.1. The summed E-state index contributed by atoms with van der Waals surface area (Å²) in [6.45, 7) is 7.91. The molecule has 4 rings (SSSR count). The summed E-state index contributed by atoms with van der Waals surface area (Å²) >= 11 is 1.78. The predicted molar refractivity (Wildman–Crippen MR) is 106 cm³/mol. The van der Waals surface area contributed by atoms with Gasteiger partial charge in [0, 0.05) is 50.5 Å². The number of thiophene rings is 1. The minimum absolute atomic E-state index is 0.455. The van der Waals surface area contributed by atoms with E-state index in [0.29, 0.717) is 5.92 Å². The van der Waals surface area contributed by atoms with E-state index < -0.39 is 12.1 Å². The Morgan fingerprint density at radius 1 is 1.37 bits per heavy atom. The summed E-state index contributed by atoms with van der Waals surface area (Å²) in [4.78, 5) is 11.4. The first-order valence-corrected chi connectivity index (χ1v) is 10.9. The number of carboxylic acids is 1. The van der Waals surface area contributed by atoms with E-state index in [0.717, 1.165) is 45.3 Å². The summed E-state index contributed by atoms with van der Waals surface area (Å²) in [5, 5.41) is 16.3. The SMILES string of the molecule is CCn1cc2c(n1)CN(Cc1ccsc1)CC2COCC1CC1.O=C(O)C(F)(F)F. The van der Waals surface area contributed by atoms with Crippen LogP contribution in [0.25, 0.3) is 0 Å². The molecule has 1 N–H and O–H groups in total. The molecule has 0 aromatic carbocycles. The molecule has 0 spiro atoms. The molecule has 0 saturated heterocycles. The highest BCUT2D eigenvalue weighted by Crippen LogP contribution is 2.32. The van der Waals surface area contributed by atoms with Gasteiger partial charge in [-0.3, -0.25) is 9.58 Å². The van der Waals surface area contributed by atoms with Crippen molar-refractivity contribution in [2.24, 2.45) is 5.92 Å². The van der Waals surface area contributed by atoms with Crippen LogP contribution in [0.5, 0.6) is 0 Å². The number of fused-ring (bicyclic) bond motifs is 1. The van der Waals surface area contributed by atoms with Gasteiger partial charge < -0.3 is 9.84 Å². The average molecular weight is 446 g/mol. The highest BCUT2D eigenvalue weighted by molar-refractivity contribution is 7.07. The number of ether oxygens (including phenoxy) is 1. The second kappa shape index (κ2) is 9.93. The maximum absolute atomic E-state index is 10.6. The number of rotatable bonds is 7. The molecule has 1 aliphatic carbocycles. The molecule has 1 saturated carbocycles. The Hall–Kier alpha value is -1.91. The number of aliphatic carboxylic acids is 1. The summed E-state index contributed by atoms with van der Waals surface area (Å²) in [5.74, 6) is -1.47. The Morgan fingerprint density at radius 3 is 2.67 bits per heavy atom. The van der Waals surface area contributed by atoms with Crippen LogP contribution in [-0.4, -0.2) is 51.7 Å². The third-order valence-corrected chi connectivity index (χ3v) is 5.82. The molecule has 2 aliphatic rings. The Bertz CT molecular complexity index is 819. The molecule has 2 aromatic heterocycles. The van der Waals surface area contributed by atoms with Gasteiger partial charge in [0.25, 0.3) is 0 Å². The van der Waals surface area contributed by atoms with Gasteiger partial charge in [-0.15, -0.1) is 0 Å². The molecule has 6 nitrogen and oxygen atoms in total. The van der Waals surface area contributed by atoms with E-state index >= 15 is 0 Å². The second-order valence-electron chi connectivity index (χ2n) is 7.67. The number of alkyl halides is 3. The van der Waals surface area contributed by atoms with Crippen molar-refractivity contribution in [3.05, 3.63) is 39.8 Å². The van der Waals surface area contributed by atoms with Crippen LogP contribution >= 0.6 is 11.3 Å². The summed E-state index contributed by atoms with van der Waals surface area (Å²) in [5.41, 5.74) is 4.06. The van der Waals surface area contributed by atoms with E-state index in [1.807, 2.05) is 0 Å². The van der Waals surface area contributed by atoms with E-state index in [9.17, 15) is 13.2 Å². The zero-order valence-corrected chi connectivity index (χ0v) is 17.6. The van der Waals surface area contributed by atoms with Crippen LogP contribution in [0.4, 0.5) is 13.2 Å². The molecular weight excluding hydrogens is 419 g/mol. The maximum atomic E-state index is 10.6. The summed E-state index contributed by atoms with van der Waals surface area (Å²) in [6.07, 6.45) is -0.135. The molecule has 0 amide bonds. The van der Waals surface area contributed by atoms with Crippen molar-refractivity contribution in [2.45, 2.75) is 51.5 Å². The van der Waals surface area contributed by atoms with Gasteiger partial charge in [0.1, 0.15) is 0 Å². The number of nitrogens with zero attached hydrogens (tertiary/aromatic N) is 3. The fourth-order valence-electron chi connectivity index (χ4n) is 3.35. The van der Waals surface area contributed by atoms with Gasteiger partial charge in [-0.25, -0.2) is 4.79 Å². The van der Waals surface area contributed by atoms with Crippen molar-refractivity contribution in [1.29, 1.82) is 0 Å². The van der Waals surface area contributed by atoms with Gasteiger partial charge in [0.15, 0.2) is 0 Å². The Kier molecular flexibility index (Phi) is 7.54. The maximum Gasteiger partial charge on any atom is 0.490 e. The zero-order chi connectivity index (χ0) is 21.7. The molecule has 1 aliphatic heterocycles. The van der Waals surface area contributed by atoms with Crippen LogP contribution in [0.2, 0.25) is 0 Å². The Labute approximate surface area is 177 Å². The van der Waals surface area contributed by atoms with Gasteiger partial charge in [0.2, 0.25) is 0 Å². The highest BCUT2D eigenvalue weighted by atomic mass is 32.1. The highest BCUT2D eigenvalue weighted by Gasteiger charge is 2.38. The van der Waals surface area contributed by atoms with E-state index in [4.69, 9.17) is 19.7 Å². The lowest BCUT2D eigenvalue weighted by molar-refractivity contribution is -0.192. The van der Waals surface area contributed by atoms with Gasteiger partial charge in [-0.1, -0.05) is 0 Å². The average Bonchev–Trinajstić information content (AvgIpc) is 3.18. The summed E-state index contributed by atoms with van der Waals surface area (Å²) in [7, 11) is 0. The first-order chi connectivity index (χ1) is 14.3. The number of hydrogen-bond acceptors (Lipinski definition) is 5. The lowest BCUT2D eigenvalue weighted by Crippen LogP contribution is -2.34. The van der Waals surface area contributed by atoms with Crippen molar-refractivity contribution in [1.82, 2.24) is 14.7 Å². The minimum Gasteiger partial charge on any atom is -0.475 e. The van der Waals surface area contributed by atoms with Crippen molar-refractivity contribution in [3.63, 3.8) is 0 Å². The lowest BCUT2D eigenvalue weighted by atomic mass is 9.95. The topological polar surface area (TPSA) is 67.6 Å². The fraction of sp³-hybridized carbons (Fsp3) is 0.600. The molecule has 0 radical (unpaired) electrons. The molecule has 3 heterocycles. The molecular formula is C20H26F3N3O3S. The molecule has 166 valence electrons. The second-order valence-corrected chi connectivity index (χ2v) is 8.45. The molecule has 2 aromatic rings. The largest absolute Gasteiger partial charge is 0.490 e. The third kappa shape index (κ3) is 6.55. The van der Waals surface area contributed by atoms with E-state index in [1.54, 1.807) is 11.3 Å². The number of halogens is 3. The quantitative estimate of drug-likeness (QED) is 0.694. The van der Waals surface area contributed by atoms with Crippen LogP contribution in [-0.2, 0) is 29.2 Å². The molecule has 0 bridgehead atoms. The number of hydrogen-bond donors (Lipinski definition) is 1. The van der Waals surface area contributed by atoms with Crippen LogP contribution in [0.3, 0.4) is 0 Å². The summed E-state index contributed by atoms with van der Waals surface area (Å²) < 4.78 is 39.8. The van der Waals surface area contributed by atoms with Crippen LogP contribution < -0.4 is 0 Å². The smallest absolute Gasteiger partial charge is 0.475 e. The van der Waals surface area contributed by atoms with E-state index in [-0.39, 0.29) is 0 Å². The van der Waals surface area contributed by atoms with Crippen molar-refractivity contribution >= 4 is 17.3 Å². The van der Waals surface area contributed by atoms with E-state index in [1.165, 1.54) is 29.7 Å². The number of carboxylic acid groups (broad SMARTS) is 1. The number of carbonyl (C=O) groups is 1. The van der Waals surface area contributed by atoms with Gasteiger partial charge in [-0.05, 0) is 48.1 Å². The molecule has 1 fully saturated rings. The van der Waals surface area contributed by atoms with Gasteiger partial charge in [0.05, 0.1) is 12.3 Å². The first-order valence-electron chi connectivity index (χ1n) is 9.93. The number of aromatic nitrogens is 2. The summed E-state index contributed by atoms with van der Waals surface area (Å²) in [6, 6.07) is 2.23. The Balaban J connectivity index is 0.000000318. The molecule has 30 heavy (non-hydrogen) atoms. The van der Waals surface area contributed by atoms with Gasteiger partial charge >= 0.3 is 12.1 Å². The van der Waals surface area contributed by atoms with Gasteiger partial charge in [-0.2, -0.15) is 29.6 Å². The monoisotopic (exact) mass is 445 g/mol. The molecule has 1 unspecified atom stereocenters. The predicted octanol–water partition coefficient (Wildman–Crippen LogP) is 4.12. The van der Waals surface area contributed by atoms with Crippen LogP contribution in [0, 0.1) is 5.92 Å². The van der Waals surface area contributed by atoms with Crippen molar-refractivity contribution < 1.29 is 27.8 Å². The third-order valence-electron chi connectivity index (χ3n) is 5.08. The zero-order valence-electron chi connectivity index (χ0n) is 16.8. The number of aryl methyl sites for hydroxylation is 1. The van der Waals surface area contributed by atoms with Crippen molar-refractivity contribution in [3.8, 4) is 0 Å².